The van der Waals surface area contributed by atoms with Crippen LogP contribution in [0.5, 0.6) is 0 Å². The molecule has 0 bridgehead atoms. The second kappa shape index (κ2) is 7.15. The SMILES string of the molecule is C=Cc1ccc2c(c1)CCc1c-2noc1-c1noc(C2CCCCC2)c1C(F)(F)F. The van der Waals surface area contributed by atoms with Gasteiger partial charge in [0, 0.05) is 17.0 Å². The predicted molar refractivity (Wildman–Crippen MR) is 106 cm³/mol. The Labute approximate surface area is 171 Å². The Morgan fingerprint density at radius 2 is 1.77 bits per heavy atom. The van der Waals surface area contributed by atoms with Crippen molar-refractivity contribution in [2.75, 3.05) is 0 Å². The largest absolute Gasteiger partial charge is 0.422 e. The van der Waals surface area contributed by atoms with Crippen LogP contribution in [0.1, 0.15) is 66.0 Å². The van der Waals surface area contributed by atoms with Crippen molar-refractivity contribution in [2.45, 2.75) is 57.0 Å². The van der Waals surface area contributed by atoms with Crippen LogP contribution >= 0.6 is 0 Å². The molecule has 0 unspecified atom stereocenters. The Balaban J connectivity index is 1.62. The van der Waals surface area contributed by atoms with Crippen molar-refractivity contribution in [3.05, 3.63) is 52.8 Å². The molecular weight excluding hydrogens is 393 g/mol. The summed E-state index contributed by atoms with van der Waals surface area (Å²) in [4.78, 5) is 0. The van der Waals surface area contributed by atoms with Crippen molar-refractivity contribution >= 4 is 6.08 Å². The summed E-state index contributed by atoms with van der Waals surface area (Å²) < 4.78 is 53.0. The molecule has 5 rings (SSSR count). The van der Waals surface area contributed by atoms with Gasteiger partial charge in [-0.3, -0.25) is 0 Å². The fourth-order valence-corrected chi connectivity index (χ4v) is 4.75. The lowest BCUT2D eigenvalue weighted by atomic mass is 9.84. The van der Waals surface area contributed by atoms with Crippen LogP contribution in [-0.2, 0) is 19.0 Å². The Kier molecular flexibility index (Phi) is 4.56. The molecular formula is C23H21F3N2O2. The maximum Gasteiger partial charge on any atom is 0.422 e. The summed E-state index contributed by atoms with van der Waals surface area (Å²) in [6, 6.07) is 5.85. The highest BCUT2D eigenvalue weighted by molar-refractivity contribution is 5.77. The summed E-state index contributed by atoms with van der Waals surface area (Å²) >= 11 is 0. The lowest BCUT2D eigenvalue weighted by Crippen LogP contribution is -2.13. The molecule has 3 aromatic rings. The quantitative estimate of drug-likeness (QED) is 0.473. The van der Waals surface area contributed by atoms with E-state index in [4.69, 9.17) is 9.05 Å². The van der Waals surface area contributed by atoms with Crippen LogP contribution in [0, 0.1) is 0 Å². The number of hydrogen-bond acceptors (Lipinski definition) is 4. The number of aromatic nitrogens is 2. The zero-order valence-corrected chi connectivity index (χ0v) is 16.4. The summed E-state index contributed by atoms with van der Waals surface area (Å²) in [5.74, 6) is -0.246. The number of benzene rings is 1. The van der Waals surface area contributed by atoms with Crippen LogP contribution in [0.4, 0.5) is 13.2 Å². The van der Waals surface area contributed by atoms with Crippen LogP contribution < -0.4 is 0 Å². The highest BCUT2D eigenvalue weighted by atomic mass is 19.4. The van der Waals surface area contributed by atoms with Crippen molar-refractivity contribution in [1.82, 2.24) is 10.3 Å². The van der Waals surface area contributed by atoms with E-state index < -0.39 is 11.7 Å². The van der Waals surface area contributed by atoms with Crippen molar-refractivity contribution in [1.29, 1.82) is 0 Å². The van der Waals surface area contributed by atoms with Gasteiger partial charge in [-0.1, -0.05) is 60.4 Å². The Bertz CT molecular complexity index is 1100. The van der Waals surface area contributed by atoms with Gasteiger partial charge in [0.15, 0.2) is 17.2 Å². The molecule has 4 nitrogen and oxygen atoms in total. The molecule has 2 aliphatic carbocycles. The van der Waals surface area contributed by atoms with Crippen molar-refractivity contribution in [3.8, 4) is 22.7 Å². The van der Waals surface area contributed by atoms with Crippen LogP contribution in [0.15, 0.2) is 33.8 Å². The fraction of sp³-hybridized carbons (Fsp3) is 0.391. The molecule has 2 heterocycles. The van der Waals surface area contributed by atoms with E-state index in [1.807, 2.05) is 18.2 Å². The van der Waals surface area contributed by atoms with Gasteiger partial charge in [0.1, 0.15) is 11.3 Å². The molecule has 2 aromatic heterocycles. The Morgan fingerprint density at radius 1 is 1.00 bits per heavy atom. The zero-order chi connectivity index (χ0) is 20.9. The van der Waals surface area contributed by atoms with Crippen LogP contribution in [0.2, 0.25) is 0 Å². The topological polar surface area (TPSA) is 52.1 Å². The maximum absolute atomic E-state index is 14.1. The number of aryl methyl sites for hydroxylation is 1. The first-order valence-electron chi connectivity index (χ1n) is 10.3. The van der Waals surface area contributed by atoms with E-state index >= 15 is 0 Å². The zero-order valence-electron chi connectivity index (χ0n) is 16.4. The van der Waals surface area contributed by atoms with Gasteiger partial charge in [-0.2, -0.15) is 13.2 Å². The number of hydrogen-bond donors (Lipinski definition) is 0. The lowest BCUT2D eigenvalue weighted by molar-refractivity contribution is -0.138. The molecule has 1 saturated carbocycles. The minimum atomic E-state index is -4.58. The molecule has 0 spiro atoms. The Hall–Kier alpha value is -2.83. The monoisotopic (exact) mass is 414 g/mol. The first kappa shape index (κ1) is 19.2. The summed E-state index contributed by atoms with van der Waals surface area (Å²) in [6.45, 7) is 3.78. The van der Waals surface area contributed by atoms with Crippen LogP contribution in [-0.4, -0.2) is 10.3 Å². The number of halogens is 3. The summed E-state index contributed by atoms with van der Waals surface area (Å²) in [7, 11) is 0. The number of rotatable bonds is 3. The molecule has 0 atom stereocenters. The van der Waals surface area contributed by atoms with Gasteiger partial charge >= 0.3 is 6.18 Å². The average Bonchev–Trinajstić information content (AvgIpc) is 3.38. The average molecular weight is 414 g/mol. The third-order valence-corrected chi connectivity index (χ3v) is 6.25. The van der Waals surface area contributed by atoms with Crippen molar-refractivity contribution in [3.63, 3.8) is 0 Å². The van der Waals surface area contributed by atoms with E-state index in [9.17, 15) is 13.2 Å². The minimum Gasteiger partial charge on any atom is -0.360 e. The summed E-state index contributed by atoms with van der Waals surface area (Å²) in [5.41, 5.74) is 3.11. The molecule has 7 heteroatoms. The smallest absolute Gasteiger partial charge is 0.360 e. The third kappa shape index (κ3) is 3.07. The van der Waals surface area contributed by atoms with Crippen LogP contribution in [0.25, 0.3) is 28.8 Å². The predicted octanol–water partition coefficient (Wildman–Crippen LogP) is 6.80. The molecule has 30 heavy (non-hydrogen) atoms. The van der Waals surface area contributed by atoms with Crippen molar-refractivity contribution < 1.29 is 22.2 Å². The number of fused-ring (bicyclic) bond motifs is 3. The molecule has 0 radical (unpaired) electrons. The fourth-order valence-electron chi connectivity index (χ4n) is 4.75. The second-order valence-corrected chi connectivity index (χ2v) is 8.06. The number of nitrogens with zero attached hydrogens (tertiary/aromatic N) is 2. The van der Waals surface area contributed by atoms with E-state index in [2.05, 4.69) is 16.9 Å². The second-order valence-electron chi connectivity index (χ2n) is 8.06. The van der Waals surface area contributed by atoms with Gasteiger partial charge in [-0.15, -0.1) is 0 Å². The first-order valence-corrected chi connectivity index (χ1v) is 10.3. The van der Waals surface area contributed by atoms with E-state index in [0.717, 1.165) is 36.0 Å². The molecule has 0 saturated heterocycles. The standard InChI is InChI=1S/C23H21F3N2O2/c1-2-13-8-10-16-15(12-13)9-11-17-19(16)27-30-22(17)20-18(23(24,25)26)21(29-28-20)14-6-4-3-5-7-14/h2,8,10,12,14H,1,3-7,9,11H2. The lowest BCUT2D eigenvalue weighted by Gasteiger charge is -2.20. The molecule has 0 N–H and O–H groups in total. The van der Waals surface area contributed by atoms with Gasteiger partial charge in [0.2, 0.25) is 0 Å². The Morgan fingerprint density at radius 3 is 2.50 bits per heavy atom. The van der Waals surface area contributed by atoms with Crippen molar-refractivity contribution in [2.24, 2.45) is 0 Å². The van der Waals surface area contributed by atoms with Gasteiger partial charge in [-0.25, -0.2) is 0 Å². The molecule has 0 aliphatic heterocycles. The van der Waals surface area contributed by atoms with Gasteiger partial charge in [0.25, 0.3) is 0 Å². The maximum atomic E-state index is 14.1. The molecule has 1 fully saturated rings. The normalized spacial score (nSPS) is 16.9. The summed E-state index contributed by atoms with van der Waals surface area (Å²) in [5, 5.41) is 7.97. The third-order valence-electron chi connectivity index (χ3n) is 6.25. The highest BCUT2D eigenvalue weighted by Crippen LogP contribution is 2.47. The first-order chi connectivity index (χ1) is 14.5. The van der Waals surface area contributed by atoms with E-state index in [1.165, 1.54) is 0 Å². The van der Waals surface area contributed by atoms with Gasteiger partial charge in [-0.05, 0) is 36.8 Å². The van der Waals surface area contributed by atoms with E-state index in [0.29, 0.717) is 36.9 Å². The minimum absolute atomic E-state index is 0.0609. The molecule has 1 aromatic carbocycles. The molecule has 2 aliphatic rings. The highest BCUT2D eigenvalue weighted by Gasteiger charge is 2.44. The van der Waals surface area contributed by atoms with E-state index in [1.54, 1.807) is 6.08 Å². The van der Waals surface area contributed by atoms with E-state index in [-0.39, 0.29) is 23.1 Å². The number of alkyl halides is 3. The molecule has 0 amide bonds. The van der Waals surface area contributed by atoms with Gasteiger partial charge < -0.3 is 9.05 Å². The summed E-state index contributed by atoms with van der Waals surface area (Å²) in [6.07, 6.45) is 2.63. The van der Waals surface area contributed by atoms with Crippen LogP contribution in [0.3, 0.4) is 0 Å². The molecule has 156 valence electrons. The van der Waals surface area contributed by atoms with Gasteiger partial charge in [0.05, 0.1) is 0 Å².